The molecule has 0 aliphatic carbocycles. The predicted molar refractivity (Wildman–Crippen MR) is 80.1 cm³/mol. The lowest BCUT2D eigenvalue weighted by Crippen LogP contribution is -2.25. The Bertz CT molecular complexity index is 653. The maximum atomic E-state index is 12.4. The lowest BCUT2D eigenvalue weighted by atomic mass is 10.0. The van der Waals surface area contributed by atoms with E-state index in [1.165, 1.54) is 11.3 Å². The summed E-state index contributed by atoms with van der Waals surface area (Å²) in [5, 5.41) is 1.92. The molecule has 98 valence electrons. The van der Waals surface area contributed by atoms with Gasteiger partial charge in [0, 0.05) is 6.04 Å². The number of thiophene rings is 1. The highest BCUT2D eigenvalue weighted by molar-refractivity contribution is 7.71. The van der Waals surface area contributed by atoms with Crippen LogP contribution in [0.1, 0.15) is 39.7 Å². The Morgan fingerprint density at radius 2 is 2.22 bits per heavy atom. The Kier molecular flexibility index (Phi) is 4.02. The summed E-state index contributed by atoms with van der Waals surface area (Å²) >= 11 is 6.78. The van der Waals surface area contributed by atoms with Gasteiger partial charge in [-0.05, 0) is 42.9 Å². The van der Waals surface area contributed by atoms with Crippen LogP contribution in [-0.4, -0.2) is 9.55 Å². The van der Waals surface area contributed by atoms with Gasteiger partial charge in [-0.2, -0.15) is 0 Å². The number of nitrogens with one attached hydrogen (secondary N) is 1. The maximum absolute atomic E-state index is 12.4. The summed E-state index contributed by atoms with van der Waals surface area (Å²) in [6.45, 7) is 6.44. The molecule has 0 saturated heterocycles. The zero-order valence-corrected chi connectivity index (χ0v) is 12.5. The Morgan fingerprint density at radius 1 is 1.50 bits per heavy atom. The molecule has 18 heavy (non-hydrogen) atoms. The summed E-state index contributed by atoms with van der Waals surface area (Å²) in [5.74, 6) is 0.598. The molecule has 2 aromatic rings. The zero-order valence-electron chi connectivity index (χ0n) is 10.9. The average Bonchev–Trinajstić information content (AvgIpc) is 2.76. The SMILES string of the molecule is CCC(C)CC(C)n1c(=S)[nH]c2ccsc2c1=O. The van der Waals surface area contributed by atoms with Gasteiger partial charge in [0.15, 0.2) is 4.77 Å². The van der Waals surface area contributed by atoms with Crippen LogP contribution in [0.3, 0.4) is 0 Å². The van der Waals surface area contributed by atoms with E-state index in [2.05, 4.69) is 25.8 Å². The van der Waals surface area contributed by atoms with Gasteiger partial charge in [-0.15, -0.1) is 11.3 Å². The van der Waals surface area contributed by atoms with Crippen LogP contribution in [0.2, 0.25) is 0 Å². The van der Waals surface area contributed by atoms with Crippen molar-refractivity contribution in [3.05, 3.63) is 26.6 Å². The van der Waals surface area contributed by atoms with Crippen molar-refractivity contribution in [3.8, 4) is 0 Å². The van der Waals surface area contributed by atoms with Gasteiger partial charge in [-0.25, -0.2) is 0 Å². The van der Waals surface area contributed by atoms with Gasteiger partial charge in [0.2, 0.25) is 0 Å². The first-order valence-corrected chi connectivity index (χ1v) is 7.55. The van der Waals surface area contributed by atoms with Gasteiger partial charge in [0.25, 0.3) is 5.56 Å². The Hall–Kier alpha value is -0.940. The third-order valence-electron chi connectivity index (χ3n) is 3.42. The first-order chi connectivity index (χ1) is 8.54. The number of hydrogen-bond acceptors (Lipinski definition) is 3. The van der Waals surface area contributed by atoms with E-state index >= 15 is 0 Å². The molecule has 0 amide bonds. The van der Waals surface area contributed by atoms with Crippen molar-refractivity contribution < 1.29 is 0 Å². The second kappa shape index (κ2) is 5.36. The number of fused-ring (bicyclic) bond motifs is 1. The summed E-state index contributed by atoms with van der Waals surface area (Å²) in [5.41, 5.74) is 0.890. The lowest BCUT2D eigenvalue weighted by Gasteiger charge is -2.18. The van der Waals surface area contributed by atoms with E-state index in [1.807, 2.05) is 11.4 Å². The fraction of sp³-hybridized carbons (Fsp3) is 0.538. The van der Waals surface area contributed by atoms with Gasteiger partial charge in [0.1, 0.15) is 4.70 Å². The van der Waals surface area contributed by atoms with Crippen molar-refractivity contribution in [2.24, 2.45) is 5.92 Å². The van der Waals surface area contributed by atoms with Crippen LogP contribution >= 0.6 is 23.6 Å². The third kappa shape index (κ3) is 2.42. The summed E-state index contributed by atoms with van der Waals surface area (Å²) in [6.07, 6.45) is 2.10. The van der Waals surface area contributed by atoms with E-state index in [4.69, 9.17) is 12.2 Å². The molecule has 2 rings (SSSR count). The standard InChI is InChI=1S/C13H18N2OS2/c1-4-8(2)7-9(3)15-12(16)11-10(5-6-18-11)14-13(15)17/h5-6,8-9H,4,7H2,1-3H3,(H,14,17). The predicted octanol–water partition coefficient (Wildman–Crippen LogP) is 4.12. The average molecular weight is 282 g/mol. The van der Waals surface area contributed by atoms with Crippen LogP contribution in [0.4, 0.5) is 0 Å². The monoisotopic (exact) mass is 282 g/mol. The Balaban J connectivity index is 2.50. The first-order valence-electron chi connectivity index (χ1n) is 6.26. The molecule has 0 aliphatic rings. The minimum Gasteiger partial charge on any atom is -0.331 e. The first kappa shape index (κ1) is 13.5. The van der Waals surface area contributed by atoms with Gasteiger partial charge in [-0.3, -0.25) is 9.36 Å². The molecular weight excluding hydrogens is 264 g/mol. The topological polar surface area (TPSA) is 37.8 Å². The molecule has 0 radical (unpaired) electrons. The minimum atomic E-state index is 0.0413. The van der Waals surface area contributed by atoms with E-state index < -0.39 is 0 Å². The molecule has 0 spiro atoms. The van der Waals surface area contributed by atoms with Crippen molar-refractivity contribution in [1.82, 2.24) is 9.55 Å². The van der Waals surface area contributed by atoms with Crippen molar-refractivity contribution in [3.63, 3.8) is 0 Å². The molecule has 2 unspecified atom stereocenters. The summed E-state index contributed by atoms with van der Waals surface area (Å²) < 4.78 is 3.02. The fourth-order valence-corrected chi connectivity index (χ4v) is 3.36. The smallest absolute Gasteiger partial charge is 0.272 e. The van der Waals surface area contributed by atoms with Crippen molar-refractivity contribution in [2.45, 2.75) is 39.7 Å². The normalized spacial score (nSPS) is 14.8. The Morgan fingerprint density at radius 3 is 2.89 bits per heavy atom. The number of aromatic nitrogens is 2. The number of hydrogen-bond donors (Lipinski definition) is 1. The molecule has 0 fully saturated rings. The Labute approximate surface area is 115 Å². The molecule has 2 aromatic heterocycles. The number of aromatic amines is 1. The van der Waals surface area contributed by atoms with Crippen molar-refractivity contribution in [1.29, 1.82) is 0 Å². The number of H-pyrrole nitrogens is 1. The largest absolute Gasteiger partial charge is 0.331 e. The molecule has 2 heterocycles. The fourth-order valence-electron chi connectivity index (χ4n) is 2.21. The molecule has 3 nitrogen and oxygen atoms in total. The van der Waals surface area contributed by atoms with E-state index in [0.717, 1.165) is 23.1 Å². The van der Waals surface area contributed by atoms with E-state index in [9.17, 15) is 4.79 Å². The highest BCUT2D eigenvalue weighted by Crippen LogP contribution is 2.20. The van der Waals surface area contributed by atoms with Crippen molar-refractivity contribution >= 4 is 33.8 Å². The molecule has 0 aromatic carbocycles. The van der Waals surface area contributed by atoms with E-state index in [1.54, 1.807) is 4.57 Å². The van der Waals surface area contributed by atoms with E-state index in [0.29, 0.717) is 10.7 Å². The highest BCUT2D eigenvalue weighted by Gasteiger charge is 2.14. The minimum absolute atomic E-state index is 0.0413. The van der Waals surface area contributed by atoms with Gasteiger partial charge in [0.05, 0.1) is 5.52 Å². The molecule has 0 aliphatic heterocycles. The second-order valence-electron chi connectivity index (χ2n) is 4.87. The van der Waals surface area contributed by atoms with Crippen LogP contribution in [0.5, 0.6) is 0 Å². The highest BCUT2D eigenvalue weighted by atomic mass is 32.1. The second-order valence-corrected chi connectivity index (χ2v) is 6.17. The molecule has 0 bridgehead atoms. The summed E-state index contributed by atoms with van der Waals surface area (Å²) in [4.78, 5) is 15.5. The van der Waals surface area contributed by atoms with E-state index in [-0.39, 0.29) is 11.6 Å². The van der Waals surface area contributed by atoms with Crippen LogP contribution in [0.15, 0.2) is 16.2 Å². The summed E-state index contributed by atoms with van der Waals surface area (Å²) in [7, 11) is 0. The summed E-state index contributed by atoms with van der Waals surface area (Å²) in [6, 6.07) is 2.05. The zero-order chi connectivity index (χ0) is 13.3. The van der Waals surface area contributed by atoms with Crippen LogP contribution in [-0.2, 0) is 0 Å². The molecule has 5 heteroatoms. The molecule has 2 atom stereocenters. The maximum Gasteiger partial charge on any atom is 0.272 e. The van der Waals surface area contributed by atoms with Crippen molar-refractivity contribution in [2.75, 3.05) is 0 Å². The quantitative estimate of drug-likeness (QED) is 0.857. The number of nitrogens with zero attached hydrogens (tertiary/aromatic N) is 1. The van der Waals surface area contributed by atoms with Gasteiger partial charge >= 0.3 is 0 Å². The lowest BCUT2D eigenvalue weighted by molar-refractivity contribution is 0.387. The molecule has 0 saturated carbocycles. The van der Waals surface area contributed by atoms with Crippen LogP contribution in [0.25, 0.3) is 10.2 Å². The van der Waals surface area contributed by atoms with Crippen LogP contribution < -0.4 is 5.56 Å². The molecule has 1 N–H and O–H groups in total. The van der Waals surface area contributed by atoms with Gasteiger partial charge < -0.3 is 4.98 Å². The molecular formula is C13H18N2OS2. The van der Waals surface area contributed by atoms with Crippen LogP contribution in [0, 0.1) is 10.7 Å². The number of rotatable bonds is 4. The van der Waals surface area contributed by atoms with Gasteiger partial charge in [-0.1, -0.05) is 20.3 Å². The third-order valence-corrected chi connectivity index (χ3v) is 4.62.